The first-order valence-electron chi connectivity index (χ1n) is 6.09. The smallest absolute Gasteiger partial charge is 0.129 e. The first-order chi connectivity index (χ1) is 7.65. The van der Waals surface area contributed by atoms with Gasteiger partial charge in [-0.15, -0.1) is 0 Å². The molecule has 1 saturated carbocycles. The summed E-state index contributed by atoms with van der Waals surface area (Å²) in [6.45, 7) is 4.80. The van der Waals surface area contributed by atoms with Crippen LogP contribution in [-0.2, 0) is 0 Å². The lowest BCUT2D eigenvalue weighted by Gasteiger charge is -2.28. The van der Waals surface area contributed by atoms with Gasteiger partial charge in [0.15, 0.2) is 0 Å². The lowest BCUT2D eigenvalue weighted by atomic mass is 9.76. The molecule has 0 aromatic carbocycles. The van der Waals surface area contributed by atoms with Crippen molar-refractivity contribution < 1.29 is 4.42 Å². The molecule has 0 amide bonds. The summed E-state index contributed by atoms with van der Waals surface area (Å²) in [5.41, 5.74) is 2.16. The third-order valence-electron chi connectivity index (χ3n) is 4.78. The Labute approximate surface area is 95.8 Å². The van der Waals surface area contributed by atoms with Crippen LogP contribution in [0.3, 0.4) is 0 Å². The van der Waals surface area contributed by atoms with Crippen molar-refractivity contribution in [2.75, 3.05) is 0 Å². The maximum atomic E-state index is 5.51. The third-order valence-corrected chi connectivity index (χ3v) is 4.78. The van der Waals surface area contributed by atoms with Crippen LogP contribution >= 0.6 is 0 Å². The molecule has 3 aliphatic carbocycles. The summed E-state index contributed by atoms with van der Waals surface area (Å²) in [6, 6.07) is 2.16. The van der Waals surface area contributed by atoms with Crippen LogP contribution < -0.4 is 0 Å². The molecule has 1 nitrogen and oxygen atoms in total. The fraction of sp³-hybridized carbons (Fsp3) is 0.467. The van der Waals surface area contributed by atoms with Crippen molar-refractivity contribution in [2.24, 2.45) is 16.7 Å². The van der Waals surface area contributed by atoms with Gasteiger partial charge < -0.3 is 4.42 Å². The van der Waals surface area contributed by atoms with Crippen molar-refractivity contribution in [1.82, 2.24) is 0 Å². The minimum absolute atomic E-state index is 0.318. The average molecular weight is 212 g/mol. The monoisotopic (exact) mass is 212 g/mol. The van der Waals surface area contributed by atoms with E-state index in [4.69, 9.17) is 4.42 Å². The zero-order valence-electron chi connectivity index (χ0n) is 9.73. The Morgan fingerprint density at radius 2 is 2.19 bits per heavy atom. The van der Waals surface area contributed by atoms with E-state index in [0.29, 0.717) is 16.7 Å². The predicted molar refractivity (Wildman–Crippen MR) is 63.9 cm³/mol. The Bertz CT molecular complexity index is 517. The van der Waals surface area contributed by atoms with Crippen LogP contribution in [0.15, 0.2) is 35.0 Å². The van der Waals surface area contributed by atoms with Gasteiger partial charge in [0.25, 0.3) is 0 Å². The molecule has 4 rings (SSSR count). The molecule has 1 heterocycles. The number of furan rings is 1. The summed E-state index contributed by atoms with van der Waals surface area (Å²) in [5.74, 6) is 2.51. The molecule has 1 heteroatoms. The van der Waals surface area contributed by atoms with Gasteiger partial charge >= 0.3 is 0 Å². The number of rotatable bonds is 0. The van der Waals surface area contributed by atoms with Crippen LogP contribution in [0, 0.1) is 16.7 Å². The summed E-state index contributed by atoms with van der Waals surface area (Å²) in [6.07, 6.45) is 12.4. The maximum Gasteiger partial charge on any atom is 0.129 e. The lowest BCUT2D eigenvalue weighted by molar-refractivity contribution is 0.275. The molecule has 1 aromatic rings. The van der Waals surface area contributed by atoms with Gasteiger partial charge in [-0.1, -0.05) is 32.1 Å². The fourth-order valence-electron chi connectivity index (χ4n) is 4.11. The van der Waals surface area contributed by atoms with Gasteiger partial charge in [-0.3, -0.25) is 0 Å². The normalized spacial score (nSPS) is 41.1. The largest absolute Gasteiger partial charge is 0.465 e. The topological polar surface area (TPSA) is 13.1 Å². The van der Waals surface area contributed by atoms with Crippen LogP contribution in [-0.4, -0.2) is 0 Å². The second-order valence-corrected chi connectivity index (χ2v) is 6.12. The molecule has 16 heavy (non-hydrogen) atoms. The van der Waals surface area contributed by atoms with Crippen LogP contribution in [0.5, 0.6) is 0 Å². The SMILES string of the molecule is CC1(C)CC=C[C@]23C=Cc4occc4[C@H]2[C@H]13. The summed E-state index contributed by atoms with van der Waals surface area (Å²) < 4.78 is 5.51. The molecule has 1 aromatic heterocycles. The molecular formula is C15H16O. The molecule has 1 spiro atoms. The molecule has 0 bridgehead atoms. The van der Waals surface area contributed by atoms with Gasteiger partial charge in [-0.2, -0.15) is 0 Å². The molecule has 0 saturated heterocycles. The highest BCUT2D eigenvalue weighted by Crippen LogP contribution is 2.76. The summed E-state index contributed by atoms with van der Waals surface area (Å²) >= 11 is 0. The average Bonchev–Trinajstić information content (AvgIpc) is 2.73. The zero-order chi connectivity index (χ0) is 11.0. The number of hydrogen-bond donors (Lipinski definition) is 0. The molecular weight excluding hydrogens is 196 g/mol. The minimum atomic E-state index is 0.318. The fourth-order valence-corrected chi connectivity index (χ4v) is 4.11. The third kappa shape index (κ3) is 0.807. The Hall–Kier alpha value is -1.24. The first kappa shape index (κ1) is 8.86. The second-order valence-electron chi connectivity index (χ2n) is 6.12. The van der Waals surface area contributed by atoms with E-state index < -0.39 is 0 Å². The van der Waals surface area contributed by atoms with Crippen LogP contribution in [0.1, 0.15) is 37.5 Å². The van der Waals surface area contributed by atoms with Gasteiger partial charge in [0, 0.05) is 16.9 Å². The summed E-state index contributed by atoms with van der Waals surface area (Å²) in [4.78, 5) is 0. The molecule has 0 unspecified atom stereocenters. The lowest BCUT2D eigenvalue weighted by Crippen LogP contribution is -2.20. The van der Waals surface area contributed by atoms with Gasteiger partial charge in [0.1, 0.15) is 5.76 Å². The molecule has 3 atom stereocenters. The van der Waals surface area contributed by atoms with E-state index in [1.165, 1.54) is 12.0 Å². The van der Waals surface area contributed by atoms with Gasteiger partial charge in [-0.05, 0) is 29.9 Å². The van der Waals surface area contributed by atoms with Crippen molar-refractivity contribution in [2.45, 2.75) is 26.2 Å². The van der Waals surface area contributed by atoms with E-state index in [0.717, 1.165) is 11.7 Å². The molecule has 82 valence electrons. The van der Waals surface area contributed by atoms with Crippen molar-refractivity contribution in [3.8, 4) is 0 Å². The van der Waals surface area contributed by atoms with E-state index in [2.05, 4.69) is 44.2 Å². The van der Waals surface area contributed by atoms with Crippen molar-refractivity contribution in [3.05, 3.63) is 41.9 Å². The first-order valence-corrected chi connectivity index (χ1v) is 6.09. The number of fused-ring (bicyclic) bond motifs is 3. The Morgan fingerprint density at radius 3 is 3.06 bits per heavy atom. The van der Waals surface area contributed by atoms with Crippen LogP contribution in [0.25, 0.3) is 6.08 Å². The maximum absolute atomic E-state index is 5.51. The van der Waals surface area contributed by atoms with Gasteiger partial charge in [0.2, 0.25) is 0 Å². The summed E-state index contributed by atoms with van der Waals surface area (Å²) in [7, 11) is 0. The second kappa shape index (κ2) is 2.37. The van der Waals surface area contributed by atoms with E-state index in [-0.39, 0.29) is 0 Å². The Kier molecular flexibility index (Phi) is 1.31. The van der Waals surface area contributed by atoms with Crippen LogP contribution in [0.4, 0.5) is 0 Å². The van der Waals surface area contributed by atoms with Crippen molar-refractivity contribution in [1.29, 1.82) is 0 Å². The molecule has 1 fully saturated rings. The molecule has 0 radical (unpaired) electrons. The minimum Gasteiger partial charge on any atom is -0.465 e. The molecule has 0 aliphatic heterocycles. The highest BCUT2D eigenvalue weighted by Gasteiger charge is 2.69. The highest BCUT2D eigenvalue weighted by molar-refractivity contribution is 5.63. The highest BCUT2D eigenvalue weighted by atomic mass is 16.3. The van der Waals surface area contributed by atoms with Gasteiger partial charge in [0.05, 0.1) is 6.26 Å². The van der Waals surface area contributed by atoms with Gasteiger partial charge in [-0.25, -0.2) is 0 Å². The van der Waals surface area contributed by atoms with E-state index >= 15 is 0 Å². The quantitative estimate of drug-likeness (QED) is 0.592. The standard InChI is InChI=1S/C15H16O/c1-14(2)6-3-7-15-8-4-11-10(5-9-16-11)12(15)13(14)15/h3-5,7-9,12-13H,6H2,1-2H3/t12-,13+,15-/m0/s1. The van der Waals surface area contributed by atoms with E-state index in [1.807, 2.05) is 6.26 Å². The van der Waals surface area contributed by atoms with E-state index in [9.17, 15) is 0 Å². The summed E-state index contributed by atoms with van der Waals surface area (Å²) in [5, 5.41) is 0. The number of allylic oxidation sites excluding steroid dienone is 3. The van der Waals surface area contributed by atoms with E-state index in [1.54, 1.807) is 0 Å². The molecule has 0 N–H and O–H groups in total. The Balaban J connectivity index is 1.91. The zero-order valence-corrected chi connectivity index (χ0v) is 9.73. The van der Waals surface area contributed by atoms with Crippen LogP contribution in [0.2, 0.25) is 0 Å². The predicted octanol–water partition coefficient (Wildman–Crippen LogP) is 3.99. The molecule has 3 aliphatic rings. The number of hydrogen-bond acceptors (Lipinski definition) is 1. The van der Waals surface area contributed by atoms with Crippen molar-refractivity contribution in [3.63, 3.8) is 0 Å². The Morgan fingerprint density at radius 1 is 1.31 bits per heavy atom. The van der Waals surface area contributed by atoms with Crippen molar-refractivity contribution >= 4 is 6.08 Å².